The molecule has 0 spiro atoms. The fraction of sp³-hybridized carbons (Fsp3) is 0.625. The summed E-state index contributed by atoms with van der Waals surface area (Å²) in [5, 5.41) is 4.47. The molecule has 0 aromatic heterocycles. The van der Waals surface area contributed by atoms with Gasteiger partial charge in [-0.1, -0.05) is 50.6 Å². The van der Waals surface area contributed by atoms with Crippen LogP contribution in [0.4, 0.5) is 0 Å². The molecule has 1 aromatic carbocycles. The molecule has 0 fully saturated rings. The number of thioether (sulfide) groups is 1. The molecule has 0 bridgehead atoms. The number of benzene rings is 1. The van der Waals surface area contributed by atoms with Gasteiger partial charge in [-0.25, -0.2) is 0 Å². The average Bonchev–Trinajstić information content (AvgIpc) is 2.37. The summed E-state index contributed by atoms with van der Waals surface area (Å²) in [6, 6.07) is 8.26. The van der Waals surface area contributed by atoms with Crippen molar-refractivity contribution in [2.75, 3.05) is 24.6 Å². The smallest absolute Gasteiger partial charge is 0.0441 e. The maximum atomic E-state index is 6.34. The van der Waals surface area contributed by atoms with Crippen LogP contribution in [-0.2, 0) is 0 Å². The summed E-state index contributed by atoms with van der Waals surface area (Å²) in [4.78, 5) is 0. The van der Waals surface area contributed by atoms with Gasteiger partial charge < -0.3 is 5.32 Å². The van der Waals surface area contributed by atoms with Crippen LogP contribution in [0.15, 0.2) is 24.3 Å². The third kappa shape index (κ3) is 6.69. The van der Waals surface area contributed by atoms with Crippen molar-refractivity contribution >= 4 is 23.4 Å². The van der Waals surface area contributed by atoms with Gasteiger partial charge in [-0.15, -0.1) is 0 Å². The van der Waals surface area contributed by atoms with Crippen LogP contribution in [0.3, 0.4) is 0 Å². The number of hydrogen-bond acceptors (Lipinski definition) is 2. The normalized spacial score (nSPS) is 12.9. The van der Waals surface area contributed by atoms with Crippen molar-refractivity contribution in [2.24, 2.45) is 5.92 Å². The highest BCUT2D eigenvalue weighted by Crippen LogP contribution is 2.27. The number of hydrogen-bond donors (Lipinski definition) is 1. The zero-order valence-electron chi connectivity index (χ0n) is 12.3. The second kappa shape index (κ2) is 9.68. The van der Waals surface area contributed by atoms with Gasteiger partial charge in [-0.3, -0.25) is 0 Å². The zero-order valence-corrected chi connectivity index (χ0v) is 13.9. The van der Waals surface area contributed by atoms with Crippen molar-refractivity contribution < 1.29 is 0 Å². The van der Waals surface area contributed by atoms with E-state index in [2.05, 4.69) is 38.2 Å². The topological polar surface area (TPSA) is 12.0 Å². The summed E-state index contributed by atoms with van der Waals surface area (Å²) in [6.45, 7) is 8.79. The molecule has 1 aromatic rings. The Kier molecular flexibility index (Phi) is 8.60. The Morgan fingerprint density at radius 2 is 1.95 bits per heavy atom. The summed E-state index contributed by atoms with van der Waals surface area (Å²) in [5.74, 6) is 3.60. The Balaban J connectivity index is 2.60. The Labute approximate surface area is 127 Å². The van der Waals surface area contributed by atoms with E-state index in [0.29, 0.717) is 11.8 Å². The lowest BCUT2D eigenvalue weighted by Crippen LogP contribution is -2.26. The van der Waals surface area contributed by atoms with Crippen molar-refractivity contribution in [1.82, 2.24) is 5.32 Å². The maximum Gasteiger partial charge on any atom is 0.0441 e. The minimum Gasteiger partial charge on any atom is -0.316 e. The van der Waals surface area contributed by atoms with Gasteiger partial charge in [0.05, 0.1) is 0 Å². The zero-order chi connectivity index (χ0) is 14.1. The quantitative estimate of drug-likeness (QED) is 0.657. The van der Waals surface area contributed by atoms with Crippen molar-refractivity contribution in [1.29, 1.82) is 0 Å². The van der Waals surface area contributed by atoms with Gasteiger partial charge in [-0.2, -0.15) is 11.8 Å². The van der Waals surface area contributed by atoms with E-state index in [4.69, 9.17) is 11.6 Å². The molecule has 1 N–H and O–H groups in total. The molecular formula is C16H26ClNS. The van der Waals surface area contributed by atoms with Crippen LogP contribution in [0.1, 0.15) is 38.7 Å². The van der Waals surface area contributed by atoms with Gasteiger partial charge >= 0.3 is 0 Å². The summed E-state index contributed by atoms with van der Waals surface area (Å²) in [6.07, 6.45) is 1.19. The van der Waals surface area contributed by atoms with E-state index in [1.807, 2.05) is 23.9 Å². The first-order valence-electron chi connectivity index (χ1n) is 7.18. The molecule has 3 heteroatoms. The number of halogens is 1. The maximum absolute atomic E-state index is 6.34. The molecule has 0 aliphatic heterocycles. The van der Waals surface area contributed by atoms with Crippen LogP contribution in [0.5, 0.6) is 0 Å². The third-order valence-electron chi connectivity index (χ3n) is 3.10. The predicted molar refractivity (Wildman–Crippen MR) is 89.5 cm³/mol. The molecule has 0 amide bonds. The monoisotopic (exact) mass is 299 g/mol. The van der Waals surface area contributed by atoms with Gasteiger partial charge in [0, 0.05) is 11.6 Å². The predicted octanol–water partition coefficient (Wildman–Crippen LogP) is 4.81. The summed E-state index contributed by atoms with van der Waals surface area (Å²) >= 11 is 8.34. The van der Waals surface area contributed by atoms with Crippen molar-refractivity contribution in [3.8, 4) is 0 Å². The van der Waals surface area contributed by atoms with Crippen LogP contribution >= 0.6 is 23.4 Å². The molecule has 0 radical (unpaired) electrons. The lowest BCUT2D eigenvalue weighted by Gasteiger charge is -2.20. The highest BCUT2D eigenvalue weighted by molar-refractivity contribution is 7.99. The number of rotatable bonds is 9. The van der Waals surface area contributed by atoms with Crippen LogP contribution in [0, 0.1) is 5.92 Å². The van der Waals surface area contributed by atoms with E-state index in [0.717, 1.165) is 18.1 Å². The SMILES string of the molecule is CCSCCC(CNCC(C)C)c1ccccc1Cl. The van der Waals surface area contributed by atoms with E-state index in [1.165, 1.54) is 23.5 Å². The van der Waals surface area contributed by atoms with Crippen LogP contribution in [-0.4, -0.2) is 24.6 Å². The van der Waals surface area contributed by atoms with Gasteiger partial charge in [0.25, 0.3) is 0 Å². The first-order chi connectivity index (χ1) is 9.15. The largest absolute Gasteiger partial charge is 0.316 e. The summed E-state index contributed by atoms with van der Waals surface area (Å²) < 4.78 is 0. The van der Waals surface area contributed by atoms with Crippen LogP contribution in [0.25, 0.3) is 0 Å². The Hall–Kier alpha value is -0.180. The second-order valence-electron chi connectivity index (χ2n) is 5.26. The lowest BCUT2D eigenvalue weighted by atomic mass is 9.96. The van der Waals surface area contributed by atoms with Gasteiger partial charge in [0.15, 0.2) is 0 Å². The minimum atomic E-state index is 0.520. The van der Waals surface area contributed by atoms with E-state index >= 15 is 0 Å². The van der Waals surface area contributed by atoms with Crippen molar-refractivity contribution in [3.63, 3.8) is 0 Å². The fourth-order valence-electron chi connectivity index (χ4n) is 2.09. The molecule has 1 rings (SSSR count). The van der Waals surface area contributed by atoms with Crippen LogP contribution in [0.2, 0.25) is 5.02 Å². The Morgan fingerprint density at radius 1 is 1.21 bits per heavy atom. The first-order valence-corrected chi connectivity index (χ1v) is 8.71. The number of nitrogens with one attached hydrogen (secondary N) is 1. The van der Waals surface area contributed by atoms with Gasteiger partial charge in [0.1, 0.15) is 0 Å². The molecule has 108 valence electrons. The molecule has 1 atom stereocenters. The van der Waals surface area contributed by atoms with Crippen LogP contribution < -0.4 is 5.32 Å². The van der Waals surface area contributed by atoms with Crippen molar-refractivity contribution in [3.05, 3.63) is 34.9 Å². The average molecular weight is 300 g/mol. The molecule has 0 heterocycles. The molecule has 1 unspecified atom stereocenters. The molecule has 0 saturated heterocycles. The van der Waals surface area contributed by atoms with E-state index in [9.17, 15) is 0 Å². The van der Waals surface area contributed by atoms with E-state index < -0.39 is 0 Å². The van der Waals surface area contributed by atoms with Gasteiger partial charge in [0.2, 0.25) is 0 Å². The molecule has 19 heavy (non-hydrogen) atoms. The summed E-state index contributed by atoms with van der Waals surface area (Å²) in [5.41, 5.74) is 1.29. The summed E-state index contributed by atoms with van der Waals surface area (Å²) in [7, 11) is 0. The van der Waals surface area contributed by atoms with Gasteiger partial charge in [-0.05, 0) is 47.9 Å². The first kappa shape index (κ1) is 16.9. The molecule has 1 nitrogen and oxygen atoms in total. The highest BCUT2D eigenvalue weighted by atomic mass is 35.5. The Morgan fingerprint density at radius 3 is 2.58 bits per heavy atom. The molecular weight excluding hydrogens is 274 g/mol. The lowest BCUT2D eigenvalue weighted by molar-refractivity contribution is 0.511. The fourth-order valence-corrected chi connectivity index (χ4v) is 3.12. The van der Waals surface area contributed by atoms with E-state index in [-0.39, 0.29) is 0 Å². The molecule has 0 aliphatic rings. The molecule has 0 saturated carbocycles. The second-order valence-corrected chi connectivity index (χ2v) is 7.06. The molecule has 0 aliphatic carbocycles. The third-order valence-corrected chi connectivity index (χ3v) is 4.38. The standard InChI is InChI=1S/C16H26ClNS/c1-4-19-10-9-14(12-18-11-13(2)3)15-7-5-6-8-16(15)17/h5-8,13-14,18H,4,9-12H2,1-3H3. The minimum absolute atomic E-state index is 0.520. The Bertz CT molecular complexity index is 354. The highest BCUT2D eigenvalue weighted by Gasteiger charge is 2.14. The van der Waals surface area contributed by atoms with Crippen molar-refractivity contribution in [2.45, 2.75) is 33.1 Å². The van der Waals surface area contributed by atoms with E-state index in [1.54, 1.807) is 0 Å².